The third-order valence-corrected chi connectivity index (χ3v) is 3.55. The molecule has 0 bridgehead atoms. The molecule has 0 saturated heterocycles. The number of aryl methyl sites for hydroxylation is 1. The van der Waals surface area contributed by atoms with E-state index in [4.69, 9.17) is 0 Å². The normalized spacial score (nSPS) is 14.3. The topological polar surface area (TPSA) is 70.9 Å². The third kappa shape index (κ3) is 1.83. The van der Waals surface area contributed by atoms with Gasteiger partial charge in [0.2, 0.25) is 11.3 Å². The van der Waals surface area contributed by atoms with Crippen molar-refractivity contribution in [3.05, 3.63) is 58.8 Å². The van der Waals surface area contributed by atoms with Crippen LogP contribution in [-0.4, -0.2) is 19.9 Å². The van der Waals surface area contributed by atoms with Crippen LogP contribution in [0.1, 0.15) is 5.69 Å². The Morgan fingerprint density at radius 3 is 2.75 bits per heavy atom. The van der Waals surface area contributed by atoms with Crippen LogP contribution in [0, 0.1) is 6.92 Å². The fourth-order valence-corrected chi connectivity index (χ4v) is 2.59. The van der Waals surface area contributed by atoms with Crippen LogP contribution in [0.5, 0.6) is 0 Å². The van der Waals surface area contributed by atoms with Crippen molar-refractivity contribution in [2.75, 3.05) is 0 Å². The van der Waals surface area contributed by atoms with Crippen LogP contribution in [0.25, 0.3) is 11.0 Å². The van der Waals surface area contributed by atoms with Crippen LogP contribution in [0.15, 0.2) is 47.5 Å². The minimum atomic E-state index is -0.827. The summed E-state index contributed by atoms with van der Waals surface area (Å²) in [4.78, 5) is 18.4. The van der Waals surface area contributed by atoms with Gasteiger partial charge >= 0.3 is 0 Å². The number of nitrogens with zero attached hydrogens (tertiary/aromatic N) is 3. The van der Waals surface area contributed by atoms with Gasteiger partial charge in [0.05, 0.1) is 17.4 Å². The number of hydrogen-bond donors (Lipinski definition) is 3. The lowest BCUT2D eigenvalue weighted by Gasteiger charge is -2.23. The number of H-pyrrole nitrogens is 1. The zero-order valence-electron chi connectivity index (χ0n) is 10.7. The van der Waals surface area contributed by atoms with Crippen molar-refractivity contribution in [1.29, 1.82) is 0 Å². The van der Waals surface area contributed by atoms with Gasteiger partial charge < -0.3 is 4.98 Å². The van der Waals surface area contributed by atoms with Crippen molar-refractivity contribution < 1.29 is 5.21 Å². The van der Waals surface area contributed by atoms with Crippen LogP contribution < -0.4 is 9.72 Å². The molecule has 3 aromatic rings. The molecule has 0 aliphatic rings. The Morgan fingerprint density at radius 2 is 2.05 bits per heavy atom. The van der Waals surface area contributed by atoms with Gasteiger partial charge in [0, 0.05) is 16.3 Å². The fraction of sp³-hybridized carbons (Fsp3) is 0.0769. The van der Waals surface area contributed by atoms with Gasteiger partial charge in [0.1, 0.15) is 12.8 Å². The van der Waals surface area contributed by atoms with Gasteiger partial charge in [-0.1, -0.05) is 18.2 Å². The van der Waals surface area contributed by atoms with Crippen LogP contribution in [0.3, 0.4) is 0 Å². The second-order valence-electron chi connectivity index (χ2n) is 4.47. The molecule has 1 aromatic carbocycles. The zero-order chi connectivity index (χ0) is 14.3. The Kier molecular flexibility index (Phi) is 2.89. The fourth-order valence-electron chi connectivity index (χ4n) is 2.23. The Bertz CT molecular complexity index is 823. The van der Waals surface area contributed by atoms with Crippen molar-refractivity contribution in [3.63, 3.8) is 0 Å². The Hall–Kier alpha value is -2.09. The standard InChI is InChI=1S/C13H12N4O2S/c1-9-7-11-12(14-8-15-13(11)18)16(9)17(19,20)10-5-3-2-4-6-10/h2-8,19-20H,1H3/p+1. The second kappa shape index (κ2) is 4.48. The minimum Gasteiger partial charge on any atom is -0.313 e. The summed E-state index contributed by atoms with van der Waals surface area (Å²) in [6, 6.07) is 10.6. The summed E-state index contributed by atoms with van der Waals surface area (Å²) in [7, 11) is 0. The lowest BCUT2D eigenvalue weighted by atomic mass is 10.3. The number of nitrogens with one attached hydrogen (secondary N) is 1. The maximum Gasteiger partial charge on any atom is 0.260 e. The highest BCUT2D eigenvalue weighted by atomic mass is 32.1. The highest BCUT2D eigenvalue weighted by molar-refractivity contribution is 7.79. The Labute approximate surface area is 120 Å². The average molecular weight is 289 g/mol. The predicted octanol–water partition coefficient (Wildman–Crippen LogP) is 2.04. The molecule has 0 radical (unpaired) electrons. The van der Waals surface area contributed by atoms with Gasteiger partial charge in [0.25, 0.3) is 5.56 Å². The van der Waals surface area contributed by atoms with Gasteiger partial charge in [-0.05, 0) is 13.0 Å². The highest BCUT2D eigenvalue weighted by Gasteiger charge is 2.32. The molecule has 2 heterocycles. The van der Waals surface area contributed by atoms with E-state index in [0.29, 0.717) is 22.4 Å². The molecule has 0 fully saturated rings. The first-order valence-corrected chi connectivity index (χ1v) is 6.38. The number of aromatic nitrogens is 3. The SMILES string of the molecule is Cc1cc2c(=O)[nH]cnc2n1[N+](O)(S)c1ccccc1. The molecule has 3 rings (SSSR count). The number of para-hydroxylation sites is 1. The van der Waals surface area contributed by atoms with Crippen LogP contribution >= 0.6 is 12.8 Å². The molecule has 0 spiro atoms. The van der Waals surface area contributed by atoms with E-state index in [1.807, 2.05) is 6.07 Å². The second-order valence-corrected chi connectivity index (χ2v) is 5.03. The highest BCUT2D eigenvalue weighted by Crippen LogP contribution is 2.28. The van der Waals surface area contributed by atoms with Crippen molar-refractivity contribution >= 4 is 29.5 Å². The summed E-state index contributed by atoms with van der Waals surface area (Å²) < 4.78 is 0.648. The summed E-state index contributed by atoms with van der Waals surface area (Å²) in [5.41, 5.74) is 1.33. The predicted molar refractivity (Wildman–Crippen MR) is 79.5 cm³/mol. The molecule has 6 nitrogen and oxygen atoms in total. The van der Waals surface area contributed by atoms with E-state index in [9.17, 15) is 10.0 Å². The van der Waals surface area contributed by atoms with E-state index < -0.39 is 4.16 Å². The average Bonchev–Trinajstić information content (AvgIpc) is 2.78. The number of rotatable bonds is 2. The molecule has 0 saturated carbocycles. The van der Waals surface area contributed by atoms with Crippen LogP contribution in [0.4, 0.5) is 5.69 Å². The first-order valence-electron chi connectivity index (χ1n) is 5.98. The molecule has 1 atom stereocenters. The van der Waals surface area contributed by atoms with Gasteiger partial charge in [-0.2, -0.15) is 5.21 Å². The first kappa shape index (κ1) is 12.9. The van der Waals surface area contributed by atoms with Crippen molar-refractivity contribution in [2.24, 2.45) is 0 Å². The smallest absolute Gasteiger partial charge is 0.260 e. The monoisotopic (exact) mass is 289 g/mol. The van der Waals surface area contributed by atoms with Crippen molar-refractivity contribution in [3.8, 4) is 0 Å². The molecule has 0 amide bonds. The quantitative estimate of drug-likeness (QED) is 0.384. The van der Waals surface area contributed by atoms with E-state index >= 15 is 0 Å². The molecule has 102 valence electrons. The minimum absolute atomic E-state index is 0.252. The molecule has 1 unspecified atom stereocenters. The van der Waals surface area contributed by atoms with E-state index in [1.165, 1.54) is 11.0 Å². The molecule has 2 N–H and O–H groups in total. The van der Waals surface area contributed by atoms with E-state index in [2.05, 4.69) is 22.8 Å². The largest absolute Gasteiger partial charge is 0.313 e. The first-order chi connectivity index (χ1) is 9.51. The molecular formula is C13H13N4O2S+. The molecule has 0 aliphatic carbocycles. The Balaban J connectivity index is 2.32. The number of quaternary nitrogens is 1. The number of aromatic amines is 1. The number of thiol groups is 1. The summed E-state index contributed by atoms with van der Waals surface area (Å²) in [5, 5.41) is 11.1. The van der Waals surface area contributed by atoms with Gasteiger partial charge in [0.15, 0.2) is 0 Å². The van der Waals surface area contributed by atoms with Gasteiger partial charge in [-0.15, -0.1) is 4.68 Å². The van der Waals surface area contributed by atoms with Gasteiger partial charge in [-0.3, -0.25) is 4.79 Å². The Morgan fingerprint density at radius 1 is 1.35 bits per heavy atom. The van der Waals surface area contributed by atoms with E-state index in [-0.39, 0.29) is 5.56 Å². The van der Waals surface area contributed by atoms with Crippen LogP contribution in [-0.2, 0) is 0 Å². The lowest BCUT2D eigenvalue weighted by molar-refractivity contribution is -0.0132. The summed E-state index contributed by atoms with van der Waals surface area (Å²) >= 11 is 4.32. The van der Waals surface area contributed by atoms with Crippen LogP contribution in [0.2, 0.25) is 0 Å². The maximum atomic E-state index is 11.8. The summed E-state index contributed by atoms with van der Waals surface area (Å²) in [6.45, 7) is 1.78. The zero-order valence-corrected chi connectivity index (χ0v) is 11.6. The summed E-state index contributed by atoms with van der Waals surface area (Å²) in [5.74, 6) is 0. The number of hydrogen-bond acceptors (Lipinski definition) is 4. The van der Waals surface area contributed by atoms with Crippen molar-refractivity contribution in [1.82, 2.24) is 18.8 Å². The summed E-state index contributed by atoms with van der Waals surface area (Å²) in [6.07, 6.45) is 1.30. The lowest BCUT2D eigenvalue weighted by Crippen LogP contribution is -2.41. The molecular weight excluding hydrogens is 276 g/mol. The van der Waals surface area contributed by atoms with Crippen molar-refractivity contribution in [2.45, 2.75) is 6.92 Å². The molecule has 20 heavy (non-hydrogen) atoms. The van der Waals surface area contributed by atoms with E-state index in [1.54, 1.807) is 37.3 Å². The molecule has 7 heteroatoms. The number of fused-ring (bicyclic) bond motifs is 1. The third-order valence-electron chi connectivity index (χ3n) is 3.14. The number of benzene rings is 1. The van der Waals surface area contributed by atoms with E-state index in [0.717, 1.165) is 0 Å². The molecule has 2 aromatic heterocycles. The molecule has 0 aliphatic heterocycles. The maximum absolute atomic E-state index is 11.8. The van der Waals surface area contributed by atoms with Gasteiger partial charge in [-0.25, -0.2) is 4.98 Å².